The number of aliphatic imine (C=N–C) groups is 1. The summed E-state index contributed by atoms with van der Waals surface area (Å²) in [5, 5.41) is 0. The predicted molar refractivity (Wildman–Crippen MR) is 79.0 cm³/mol. The molecule has 0 radical (unpaired) electrons. The van der Waals surface area contributed by atoms with Gasteiger partial charge in [0.15, 0.2) is 0 Å². The number of amidine groups is 1. The van der Waals surface area contributed by atoms with Crippen molar-refractivity contribution < 1.29 is 4.39 Å². The van der Waals surface area contributed by atoms with Crippen LogP contribution in [0.3, 0.4) is 0 Å². The highest BCUT2D eigenvalue weighted by Gasteiger charge is 2.18. The zero-order valence-corrected chi connectivity index (χ0v) is 11.8. The summed E-state index contributed by atoms with van der Waals surface area (Å²) >= 11 is 5.55. The molecule has 0 saturated carbocycles. The van der Waals surface area contributed by atoms with Crippen LogP contribution in [0.4, 0.5) is 15.8 Å². The number of hydrogen-bond acceptors (Lipinski definition) is 2. The van der Waals surface area contributed by atoms with Crippen molar-refractivity contribution in [2.75, 3.05) is 23.9 Å². The summed E-state index contributed by atoms with van der Waals surface area (Å²) in [7, 11) is 0. The van der Waals surface area contributed by atoms with E-state index in [0.29, 0.717) is 17.2 Å². The second-order valence-electron chi connectivity index (χ2n) is 5.04. The molecule has 0 amide bonds. The fourth-order valence-electron chi connectivity index (χ4n) is 2.27. The summed E-state index contributed by atoms with van der Waals surface area (Å²) in [5.74, 6) is 0.915. The number of alkyl halides is 1. The molecule has 1 saturated heterocycles. The second kappa shape index (κ2) is 6.24. The number of nitrogens with two attached hydrogens (primary N) is 1. The standard InChI is InChI=1S/C14H19ClFN3/c1-10-4-6-19(7-5-10)13-3-2-11(8-12(13)16)18-14(17)9-15/h2-3,8,10H,4-7,9H2,1H3,(H2,17,18). The van der Waals surface area contributed by atoms with Crippen LogP contribution < -0.4 is 10.6 Å². The normalized spacial score (nSPS) is 17.8. The van der Waals surface area contributed by atoms with Crippen LogP contribution in [0, 0.1) is 11.7 Å². The van der Waals surface area contributed by atoms with Gasteiger partial charge in [0.25, 0.3) is 0 Å². The number of anilines is 1. The van der Waals surface area contributed by atoms with Crippen molar-refractivity contribution in [1.82, 2.24) is 0 Å². The molecule has 2 rings (SSSR count). The molecule has 1 fully saturated rings. The van der Waals surface area contributed by atoms with Crippen molar-refractivity contribution in [2.45, 2.75) is 19.8 Å². The highest BCUT2D eigenvalue weighted by Crippen LogP contribution is 2.28. The zero-order chi connectivity index (χ0) is 13.8. The average molecular weight is 284 g/mol. The molecule has 0 unspecified atom stereocenters. The lowest BCUT2D eigenvalue weighted by molar-refractivity contribution is 0.434. The molecule has 1 aliphatic rings. The first-order valence-electron chi connectivity index (χ1n) is 6.53. The predicted octanol–water partition coefficient (Wildman–Crippen LogP) is 3.29. The summed E-state index contributed by atoms with van der Waals surface area (Å²) < 4.78 is 14.1. The van der Waals surface area contributed by atoms with Gasteiger partial charge in [0.1, 0.15) is 11.7 Å². The number of nitrogens with zero attached hydrogens (tertiary/aromatic N) is 2. The Kier molecular flexibility index (Phi) is 4.64. The molecule has 104 valence electrons. The summed E-state index contributed by atoms with van der Waals surface area (Å²) in [6, 6.07) is 4.95. The Bertz CT molecular complexity index is 468. The largest absolute Gasteiger partial charge is 0.386 e. The monoisotopic (exact) mass is 283 g/mol. The molecule has 3 nitrogen and oxygen atoms in total. The van der Waals surface area contributed by atoms with E-state index < -0.39 is 0 Å². The summed E-state index contributed by atoms with van der Waals surface area (Å²) in [6.45, 7) is 4.05. The maximum Gasteiger partial charge on any atom is 0.148 e. The molecule has 0 aromatic heterocycles. The molecular formula is C14H19ClFN3. The van der Waals surface area contributed by atoms with Crippen molar-refractivity contribution in [1.29, 1.82) is 0 Å². The van der Waals surface area contributed by atoms with Crippen molar-refractivity contribution in [3.05, 3.63) is 24.0 Å². The molecule has 0 atom stereocenters. The van der Waals surface area contributed by atoms with Crippen molar-refractivity contribution in [3.8, 4) is 0 Å². The minimum atomic E-state index is -0.252. The highest BCUT2D eigenvalue weighted by atomic mass is 35.5. The lowest BCUT2D eigenvalue weighted by Gasteiger charge is -2.32. The first-order valence-corrected chi connectivity index (χ1v) is 7.07. The van der Waals surface area contributed by atoms with E-state index in [4.69, 9.17) is 17.3 Å². The van der Waals surface area contributed by atoms with E-state index in [9.17, 15) is 4.39 Å². The molecule has 1 aromatic carbocycles. The Labute approximate surface area is 118 Å². The fourth-order valence-corrected chi connectivity index (χ4v) is 2.33. The Balaban J connectivity index is 2.15. The van der Waals surface area contributed by atoms with Gasteiger partial charge in [-0.1, -0.05) is 6.92 Å². The Morgan fingerprint density at radius 2 is 2.16 bits per heavy atom. The van der Waals surface area contributed by atoms with Crippen molar-refractivity contribution in [2.24, 2.45) is 16.6 Å². The molecule has 1 heterocycles. The van der Waals surface area contributed by atoms with E-state index in [1.165, 1.54) is 6.07 Å². The number of halogens is 2. The molecule has 19 heavy (non-hydrogen) atoms. The summed E-state index contributed by atoms with van der Waals surface area (Å²) in [5.41, 5.74) is 6.69. The van der Waals surface area contributed by atoms with E-state index in [-0.39, 0.29) is 11.7 Å². The zero-order valence-electron chi connectivity index (χ0n) is 11.1. The molecule has 2 N–H and O–H groups in total. The van der Waals surface area contributed by atoms with Crippen LogP contribution in [0.5, 0.6) is 0 Å². The van der Waals surface area contributed by atoms with Gasteiger partial charge in [-0.05, 0) is 30.9 Å². The smallest absolute Gasteiger partial charge is 0.148 e. The average Bonchev–Trinajstić information content (AvgIpc) is 2.40. The Hall–Kier alpha value is -1.29. The second-order valence-corrected chi connectivity index (χ2v) is 5.31. The van der Waals surface area contributed by atoms with Crippen LogP contribution in [0.2, 0.25) is 0 Å². The minimum Gasteiger partial charge on any atom is -0.386 e. The number of hydrogen-bond donors (Lipinski definition) is 1. The first kappa shape index (κ1) is 14.1. The van der Waals surface area contributed by atoms with Crippen molar-refractivity contribution in [3.63, 3.8) is 0 Å². The maximum absolute atomic E-state index is 14.1. The van der Waals surface area contributed by atoms with Crippen LogP contribution in [0.15, 0.2) is 23.2 Å². The minimum absolute atomic E-state index is 0.146. The summed E-state index contributed by atoms with van der Waals surface area (Å²) in [6.07, 6.45) is 2.22. The lowest BCUT2D eigenvalue weighted by Crippen LogP contribution is -2.33. The highest BCUT2D eigenvalue weighted by molar-refractivity contribution is 6.28. The first-order chi connectivity index (χ1) is 9.10. The van der Waals surface area contributed by atoms with Crippen LogP contribution in [0.25, 0.3) is 0 Å². The molecule has 5 heteroatoms. The maximum atomic E-state index is 14.1. The third-order valence-corrected chi connectivity index (χ3v) is 3.74. The lowest BCUT2D eigenvalue weighted by atomic mass is 9.99. The van der Waals surface area contributed by atoms with Gasteiger partial charge >= 0.3 is 0 Å². The molecule has 1 aliphatic heterocycles. The molecular weight excluding hydrogens is 265 g/mol. The SMILES string of the molecule is CC1CCN(c2ccc(N=C(N)CCl)cc2F)CC1. The van der Waals surface area contributed by atoms with Gasteiger partial charge in [0, 0.05) is 19.2 Å². The van der Waals surface area contributed by atoms with Gasteiger partial charge < -0.3 is 10.6 Å². The van der Waals surface area contributed by atoms with Crippen LogP contribution in [-0.2, 0) is 0 Å². The Morgan fingerprint density at radius 1 is 1.47 bits per heavy atom. The molecule has 0 spiro atoms. The van der Waals surface area contributed by atoms with E-state index in [2.05, 4.69) is 16.8 Å². The van der Waals surface area contributed by atoms with E-state index >= 15 is 0 Å². The Morgan fingerprint density at radius 3 is 2.74 bits per heavy atom. The number of piperidine rings is 1. The van der Waals surface area contributed by atoms with Crippen molar-refractivity contribution >= 4 is 28.8 Å². The van der Waals surface area contributed by atoms with Gasteiger partial charge in [0.05, 0.1) is 17.3 Å². The van der Waals surface area contributed by atoms with E-state index in [0.717, 1.165) is 31.8 Å². The number of benzene rings is 1. The van der Waals surface area contributed by atoms with Gasteiger partial charge in [-0.3, -0.25) is 0 Å². The van der Waals surface area contributed by atoms with Gasteiger partial charge in [-0.15, -0.1) is 11.6 Å². The topological polar surface area (TPSA) is 41.6 Å². The third-order valence-electron chi connectivity index (χ3n) is 3.47. The molecule has 0 bridgehead atoms. The van der Waals surface area contributed by atoms with Gasteiger partial charge in [-0.25, -0.2) is 9.38 Å². The van der Waals surface area contributed by atoms with E-state index in [1.807, 2.05) is 0 Å². The third kappa shape index (κ3) is 3.60. The van der Waals surface area contributed by atoms with Gasteiger partial charge in [0.2, 0.25) is 0 Å². The quantitative estimate of drug-likeness (QED) is 0.525. The van der Waals surface area contributed by atoms with Crippen LogP contribution in [0.1, 0.15) is 19.8 Å². The fraction of sp³-hybridized carbons (Fsp3) is 0.500. The van der Waals surface area contributed by atoms with Crippen LogP contribution in [-0.4, -0.2) is 24.8 Å². The number of rotatable bonds is 3. The van der Waals surface area contributed by atoms with Gasteiger partial charge in [-0.2, -0.15) is 0 Å². The molecule has 1 aromatic rings. The van der Waals surface area contributed by atoms with Crippen LogP contribution >= 0.6 is 11.6 Å². The van der Waals surface area contributed by atoms with E-state index in [1.54, 1.807) is 12.1 Å². The molecule has 0 aliphatic carbocycles. The summed E-state index contributed by atoms with van der Waals surface area (Å²) in [4.78, 5) is 6.13.